The summed E-state index contributed by atoms with van der Waals surface area (Å²) in [6, 6.07) is 0. The normalized spacial score (nSPS) is 26.2. The fraction of sp³-hybridized carbons (Fsp3) is 0.800. The quantitative estimate of drug-likeness (QED) is 0.872. The van der Waals surface area contributed by atoms with Gasteiger partial charge in [0.25, 0.3) is 0 Å². The van der Waals surface area contributed by atoms with E-state index in [1.54, 1.807) is 0 Å². The second-order valence-corrected chi connectivity index (χ2v) is 5.68. The van der Waals surface area contributed by atoms with Gasteiger partial charge in [0, 0.05) is 19.2 Å². The smallest absolute Gasteiger partial charge is 0.0609 e. The van der Waals surface area contributed by atoms with Gasteiger partial charge < -0.3 is 5.11 Å². The zero-order valence-corrected chi connectivity index (χ0v) is 11.7. The molecule has 0 radical (unpaired) electrons. The Morgan fingerprint density at radius 2 is 2.28 bits per heavy atom. The molecule has 0 spiro atoms. The molecule has 3 nitrogen and oxygen atoms in total. The molecule has 0 aromatic carbocycles. The third-order valence-electron chi connectivity index (χ3n) is 4.40. The summed E-state index contributed by atoms with van der Waals surface area (Å²) in [6.07, 6.45) is 10.8. The Bertz CT molecular complexity index is 361. The van der Waals surface area contributed by atoms with Crippen molar-refractivity contribution in [3.05, 3.63) is 18.0 Å². The molecule has 0 saturated heterocycles. The number of hydrogen-bond donors (Lipinski definition) is 1. The maximum absolute atomic E-state index is 10.4. The molecule has 2 rings (SSSR count). The molecule has 1 aliphatic rings. The molecule has 0 bridgehead atoms. The molecule has 1 saturated carbocycles. The average Bonchev–Trinajstić information content (AvgIpc) is 2.86. The van der Waals surface area contributed by atoms with Crippen molar-refractivity contribution in [1.82, 2.24) is 9.78 Å². The Morgan fingerprint density at radius 1 is 1.44 bits per heavy atom. The lowest BCUT2D eigenvalue weighted by atomic mass is 9.77. The summed E-state index contributed by atoms with van der Waals surface area (Å²) in [5, 5.41) is 14.7. The molecule has 3 heteroatoms. The van der Waals surface area contributed by atoms with Crippen LogP contribution in [-0.2, 0) is 13.0 Å². The van der Waals surface area contributed by atoms with Crippen LogP contribution < -0.4 is 0 Å². The zero-order chi connectivity index (χ0) is 13.0. The van der Waals surface area contributed by atoms with Crippen molar-refractivity contribution in [2.24, 2.45) is 11.8 Å². The van der Waals surface area contributed by atoms with Crippen LogP contribution in [0.25, 0.3) is 0 Å². The first kappa shape index (κ1) is 13.6. The summed E-state index contributed by atoms with van der Waals surface area (Å²) in [4.78, 5) is 0. The maximum atomic E-state index is 10.4. The van der Waals surface area contributed by atoms with Gasteiger partial charge in [-0.15, -0.1) is 0 Å². The molecule has 1 aliphatic carbocycles. The maximum Gasteiger partial charge on any atom is 0.0609 e. The van der Waals surface area contributed by atoms with Crippen LogP contribution in [-0.4, -0.2) is 21.0 Å². The van der Waals surface area contributed by atoms with E-state index in [0.717, 1.165) is 18.9 Å². The topological polar surface area (TPSA) is 38.1 Å². The molecular weight excluding hydrogens is 224 g/mol. The molecule has 18 heavy (non-hydrogen) atoms. The minimum atomic E-state index is -0.186. The van der Waals surface area contributed by atoms with Gasteiger partial charge in [0.05, 0.1) is 12.3 Å². The van der Waals surface area contributed by atoms with E-state index in [1.165, 1.54) is 37.7 Å². The zero-order valence-electron chi connectivity index (χ0n) is 11.7. The van der Waals surface area contributed by atoms with Gasteiger partial charge in [-0.2, -0.15) is 5.10 Å². The summed E-state index contributed by atoms with van der Waals surface area (Å²) in [5.41, 5.74) is 1.17. The third-order valence-corrected chi connectivity index (χ3v) is 4.40. The second-order valence-electron chi connectivity index (χ2n) is 5.68. The van der Waals surface area contributed by atoms with Gasteiger partial charge in [-0.25, -0.2) is 0 Å². The van der Waals surface area contributed by atoms with Crippen molar-refractivity contribution in [3.8, 4) is 0 Å². The van der Waals surface area contributed by atoms with Gasteiger partial charge in [-0.1, -0.05) is 26.2 Å². The fourth-order valence-corrected chi connectivity index (χ4v) is 3.15. The first-order valence-electron chi connectivity index (χ1n) is 7.42. The van der Waals surface area contributed by atoms with E-state index in [4.69, 9.17) is 0 Å². The van der Waals surface area contributed by atoms with Crippen molar-refractivity contribution < 1.29 is 5.11 Å². The summed E-state index contributed by atoms with van der Waals surface area (Å²) < 4.78 is 1.93. The molecular formula is C15H26N2O. The van der Waals surface area contributed by atoms with E-state index in [9.17, 15) is 5.11 Å². The second kappa shape index (κ2) is 6.37. The van der Waals surface area contributed by atoms with Gasteiger partial charge in [0.15, 0.2) is 0 Å². The number of aliphatic hydroxyl groups is 1. The Hall–Kier alpha value is -0.830. The summed E-state index contributed by atoms with van der Waals surface area (Å²) in [6.45, 7) is 5.25. The number of aliphatic hydroxyl groups excluding tert-OH is 1. The lowest BCUT2D eigenvalue weighted by molar-refractivity contribution is 0.0685. The molecule has 1 heterocycles. The van der Waals surface area contributed by atoms with Crippen molar-refractivity contribution in [2.75, 3.05) is 0 Å². The molecule has 1 fully saturated rings. The van der Waals surface area contributed by atoms with Crippen LogP contribution in [0, 0.1) is 11.8 Å². The summed E-state index contributed by atoms with van der Waals surface area (Å²) in [5.74, 6) is 1.32. The van der Waals surface area contributed by atoms with E-state index in [-0.39, 0.29) is 6.10 Å². The van der Waals surface area contributed by atoms with E-state index in [0.29, 0.717) is 5.92 Å². The van der Waals surface area contributed by atoms with Gasteiger partial charge in [-0.05, 0) is 37.2 Å². The predicted octanol–water partition coefficient (Wildman–Crippen LogP) is 3.02. The van der Waals surface area contributed by atoms with Crippen molar-refractivity contribution in [1.29, 1.82) is 0 Å². The highest BCUT2D eigenvalue weighted by molar-refractivity contribution is 5.06. The number of nitrogens with zero attached hydrogens (tertiary/aromatic N) is 2. The Kier molecular flexibility index (Phi) is 4.81. The first-order valence-corrected chi connectivity index (χ1v) is 7.42. The average molecular weight is 250 g/mol. The number of aryl methyl sites for hydroxylation is 1. The molecule has 1 N–H and O–H groups in total. The molecule has 0 amide bonds. The predicted molar refractivity (Wildman–Crippen MR) is 73.4 cm³/mol. The summed E-state index contributed by atoms with van der Waals surface area (Å²) >= 11 is 0. The van der Waals surface area contributed by atoms with Crippen molar-refractivity contribution in [3.63, 3.8) is 0 Å². The van der Waals surface area contributed by atoms with Crippen LogP contribution in [0.5, 0.6) is 0 Å². The third kappa shape index (κ3) is 3.35. The van der Waals surface area contributed by atoms with Crippen LogP contribution in [0.3, 0.4) is 0 Å². The minimum absolute atomic E-state index is 0.186. The van der Waals surface area contributed by atoms with Crippen LogP contribution in [0.1, 0.15) is 51.5 Å². The Morgan fingerprint density at radius 3 is 2.94 bits per heavy atom. The van der Waals surface area contributed by atoms with Crippen molar-refractivity contribution in [2.45, 2.75) is 65.0 Å². The molecule has 0 aliphatic heterocycles. The van der Waals surface area contributed by atoms with Gasteiger partial charge in [-0.3, -0.25) is 4.68 Å². The Labute approximate surface area is 110 Å². The lowest BCUT2D eigenvalue weighted by Crippen LogP contribution is -2.28. The van der Waals surface area contributed by atoms with Crippen molar-refractivity contribution >= 4 is 0 Å². The first-order chi connectivity index (χ1) is 8.72. The van der Waals surface area contributed by atoms with E-state index < -0.39 is 0 Å². The van der Waals surface area contributed by atoms with Crippen LogP contribution in [0.15, 0.2) is 12.4 Å². The molecule has 3 unspecified atom stereocenters. The lowest BCUT2D eigenvalue weighted by Gasteiger charge is -2.31. The molecule has 3 atom stereocenters. The van der Waals surface area contributed by atoms with Crippen LogP contribution in [0.2, 0.25) is 0 Å². The van der Waals surface area contributed by atoms with Crippen LogP contribution >= 0.6 is 0 Å². The number of rotatable bonds is 5. The van der Waals surface area contributed by atoms with Gasteiger partial charge in [0.2, 0.25) is 0 Å². The highest BCUT2D eigenvalue weighted by Crippen LogP contribution is 2.33. The largest absolute Gasteiger partial charge is 0.392 e. The standard InChI is InChI=1S/C15H26N2O/c1-3-12-6-5-7-14(8-12)15(18)9-13-10-16-17(4-2)11-13/h10-12,14-15,18H,3-9H2,1-2H3. The minimum Gasteiger partial charge on any atom is -0.392 e. The van der Waals surface area contributed by atoms with Gasteiger partial charge >= 0.3 is 0 Å². The molecule has 102 valence electrons. The van der Waals surface area contributed by atoms with E-state index in [2.05, 4.69) is 25.1 Å². The van der Waals surface area contributed by atoms with E-state index >= 15 is 0 Å². The fourth-order valence-electron chi connectivity index (χ4n) is 3.15. The van der Waals surface area contributed by atoms with Crippen LogP contribution in [0.4, 0.5) is 0 Å². The van der Waals surface area contributed by atoms with Gasteiger partial charge in [0.1, 0.15) is 0 Å². The number of aromatic nitrogens is 2. The highest BCUT2D eigenvalue weighted by Gasteiger charge is 2.26. The Balaban J connectivity index is 1.88. The summed E-state index contributed by atoms with van der Waals surface area (Å²) in [7, 11) is 0. The van der Waals surface area contributed by atoms with E-state index in [1.807, 2.05) is 10.9 Å². The molecule has 1 aromatic heterocycles. The monoisotopic (exact) mass is 250 g/mol. The SMILES string of the molecule is CCC1CCCC(C(O)Cc2cnn(CC)c2)C1. The molecule has 1 aromatic rings. The number of hydrogen-bond acceptors (Lipinski definition) is 2. The highest BCUT2D eigenvalue weighted by atomic mass is 16.3.